The lowest BCUT2D eigenvalue weighted by Crippen LogP contribution is -2.27. The molecule has 2 heterocycles. The van der Waals surface area contributed by atoms with E-state index in [9.17, 15) is 9.18 Å². The van der Waals surface area contributed by atoms with Gasteiger partial charge >= 0.3 is 6.09 Å². The van der Waals surface area contributed by atoms with Crippen LogP contribution in [0.2, 0.25) is 0 Å². The fourth-order valence-electron chi connectivity index (χ4n) is 3.79. The zero-order valence-corrected chi connectivity index (χ0v) is 15.7. The Balaban J connectivity index is 1.39. The SMILES string of the molecule is O=C1O[C@@H](C/N=C/c2ccccc2)CN1c1ccc(C2CCNCC2)c(F)c1. The average Bonchev–Trinajstić information content (AvgIpc) is 3.10. The molecule has 28 heavy (non-hydrogen) atoms. The van der Waals surface area contributed by atoms with Crippen LogP contribution in [-0.4, -0.2) is 44.6 Å². The molecule has 1 N–H and O–H groups in total. The standard InChI is InChI=1S/C22H24FN3O2/c23-21-12-18(6-7-20(21)17-8-10-24-11-9-17)26-15-19(28-22(26)27)14-25-13-16-4-2-1-3-5-16/h1-7,12-13,17,19,24H,8-11,14-15H2/b25-13+/t19-/m0/s1. The maximum atomic E-state index is 14.7. The highest BCUT2D eigenvalue weighted by molar-refractivity contribution is 5.89. The van der Waals surface area contributed by atoms with Crippen LogP contribution in [0.4, 0.5) is 14.9 Å². The third-order valence-electron chi connectivity index (χ3n) is 5.30. The van der Waals surface area contributed by atoms with Crippen molar-refractivity contribution in [3.05, 3.63) is 65.5 Å². The van der Waals surface area contributed by atoms with E-state index in [1.54, 1.807) is 6.21 Å². The minimum atomic E-state index is -0.450. The quantitative estimate of drug-likeness (QED) is 0.803. The molecule has 2 saturated heterocycles. The Morgan fingerprint density at radius 2 is 1.96 bits per heavy atom. The molecule has 0 spiro atoms. The van der Waals surface area contributed by atoms with E-state index < -0.39 is 6.09 Å². The number of carbonyl (C=O) groups is 1. The van der Waals surface area contributed by atoms with Gasteiger partial charge in [0.25, 0.3) is 0 Å². The molecule has 1 amide bonds. The van der Waals surface area contributed by atoms with Crippen LogP contribution in [0.5, 0.6) is 0 Å². The number of nitrogens with one attached hydrogen (secondary N) is 1. The Labute approximate surface area is 164 Å². The van der Waals surface area contributed by atoms with Gasteiger partial charge in [0.2, 0.25) is 0 Å². The number of hydrogen-bond acceptors (Lipinski definition) is 4. The van der Waals surface area contributed by atoms with Crippen molar-refractivity contribution < 1.29 is 13.9 Å². The van der Waals surface area contributed by atoms with Gasteiger partial charge in [-0.05, 0) is 55.1 Å². The molecule has 2 aliphatic rings. The predicted molar refractivity (Wildman–Crippen MR) is 108 cm³/mol. The summed E-state index contributed by atoms with van der Waals surface area (Å²) in [6.45, 7) is 2.58. The van der Waals surface area contributed by atoms with Gasteiger partial charge in [0, 0.05) is 6.21 Å². The second-order valence-corrected chi connectivity index (χ2v) is 7.25. The van der Waals surface area contributed by atoms with Crippen LogP contribution in [0, 0.1) is 5.82 Å². The number of amides is 1. The van der Waals surface area contributed by atoms with E-state index in [0.29, 0.717) is 18.8 Å². The van der Waals surface area contributed by atoms with Gasteiger partial charge in [-0.2, -0.15) is 0 Å². The van der Waals surface area contributed by atoms with E-state index in [0.717, 1.165) is 37.1 Å². The van der Waals surface area contributed by atoms with Crippen LogP contribution < -0.4 is 10.2 Å². The van der Waals surface area contributed by atoms with Crippen LogP contribution in [0.25, 0.3) is 0 Å². The predicted octanol–water partition coefficient (Wildman–Crippen LogP) is 3.74. The molecule has 4 rings (SSSR count). The van der Waals surface area contributed by atoms with Gasteiger partial charge in [-0.25, -0.2) is 9.18 Å². The highest BCUT2D eigenvalue weighted by Crippen LogP contribution is 2.31. The number of carbonyl (C=O) groups excluding carboxylic acids is 1. The van der Waals surface area contributed by atoms with Crippen molar-refractivity contribution in [2.75, 3.05) is 31.1 Å². The molecule has 146 valence electrons. The number of piperidine rings is 1. The number of halogens is 1. The van der Waals surface area contributed by atoms with Crippen LogP contribution in [0.1, 0.15) is 29.9 Å². The highest BCUT2D eigenvalue weighted by atomic mass is 19.1. The smallest absolute Gasteiger partial charge is 0.414 e. The molecular formula is C22H24FN3O2. The molecule has 2 fully saturated rings. The molecule has 2 aromatic carbocycles. The summed E-state index contributed by atoms with van der Waals surface area (Å²) in [5.41, 5.74) is 2.27. The molecule has 0 bridgehead atoms. The summed E-state index contributed by atoms with van der Waals surface area (Å²) in [6, 6.07) is 14.8. The first-order chi connectivity index (χ1) is 13.7. The summed E-state index contributed by atoms with van der Waals surface area (Å²) in [6.07, 6.45) is 2.85. The molecule has 5 nitrogen and oxygen atoms in total. The molecule has 0 saturated carbocycles. The van der Waals surface area contributed by atoms with Crippen LogP contribution in [0.3, 0.4) is 0 Å². The molecule has 2 aliphatic heterocycles. The summed E-state index contributed by atoms with van der Waals surface area (Å²) in [5.74, 6) is -0.0105. The summed E-state index contributed by atoms with van der Waals surface area (Å²) in [7, 11) is 0. The van der Waals surface area contributed by atoms with E-state index in [4.69, 9.17) is 4.74 Å². The Kier molecular flexibility index (Phi) is 5.67. The topological polar surface area (TPSA) is 53.9 Å². The first-order valence-corrected chi connectivity index (χ1v) is 9.74. The summed E-state index contributed by atoms with van der Waals surface area (Å²) < 4.78 is 20.1. The first-order valence-electron chi connectivity index (χ1n) is 9.74. The fourth-order valence-corrected chi connectivity index (χ4v) is 3.79. The number of cyclic esters (lactones) is 1. The molecule has 1 atom stereocenters. The van der Waals surface area contributed by atoms with Crippen LogP contribution in [-0.2, 0) is 4.74 Å². The third kappa shape index (κ3) is 4.22. The van der Waals surface area contributed by atoms with Crippen molar-refractivity contribution in [2.45, 2.75) is 24.9 Å². The molecule has 0 aliphatic carbocycles. The second kappa shape index (κ2) is 8.52. The fraction of sp³-hybridized carbons (Fsp3) is 0.364. The minimum absolute atomic E-state index is 0.237. The number of rotatable bonds is 5. The largest absolute Gasteiger partial charge is 0.442 e. The summed E-state index contributed by atoms with van der Waals surface area (Å²) in [5, 5.41) is 3.29. The number of anilines is 1. The Morgan fingerprint density at radius 3 is 2.71 bits per heavy atom. The van der Waals surface area contributed by atoms with Gasteiger partial charge in [-0.3, -0.25) is 9.89 Å². The maximum absolute atomic E-state index is 14.7. The van der Waals surface area contributed by atoms with Crippen molar-refractivity contribution in [3.8, 4) is 0 Å². The number of hydrogen-bond donors (Lipinski definition) is 1. The minimum Gasteiger partial charge on any atom is -0.442 e. The van der Waals surface area contributed by atoms with E-state index in [-0.39, 0.29) is 17.8 Å². The Morgan fingerprint density at radius 1 is 1.18 bits per heavy atom. The van der Waals surface area contributed by atoms with Crippen molar-refractivity contribution in [1.29, 1.82) is 0 Å². The van der Waals surface area contributed by atoms with E-state index in [1.165, 1.54) is 11.0 Å². The number of ether oxygens (including phenoxy) is 1. The third-order valence-corrected chi connectivity index (χ3v) is 5.30. The van der Waals surface area contributed by atoms with Crippen LogP contribution in [0.15, 0.2) is 53.5 Å². The van der Waals surface area contributed by atoms with Gasteiger partial charge in [-0.15, -0.1) is 0 Å². The Bertz CT molecular complexity index is 850. The van der Waals surface area contributed by atoms with Gasteiger partial charge in [0.15, 0.2) is 0 Å². The van der Waals surface area contributed by atoms with Crippen molar-refractivity contribution in [3.63, 3.8) is 0 Å². The molecule has 0 radical (unpaired) electrons. The monoisotopic (exact) mass is 381 g/mol. The van der Waals surface area contributed by atoms with Crippen molar-refractivity contribution >= 4 is 18.0 Å². The van der Waals surface area contributed by atoms with E-state index in [2.05, 4.69) is 10.3 Å². The highest BCUT2D eigenvalue weighted by Gasteiger charge is 2.32. The zero-order chi connectivity index (χ0) is 19.3. The summed E-state index contributed by atoms with van der Waals surface area (Å²) >= 11 is 0. The van der Waals surface area contributed by atoms with E-state index >= 15 is 0 Å². The number of aliphatic imine (C=N–C) groups is 1. The number of benzene rings is 2. The molecule has 0 aromatic heterocycles. The molecule has 2 aromatic rings. The van der Waals surface area contributed by atoms with Gasteiger partial charge in [0.1, 0.15) is 11.9 Å². The van der Waals surface area contributed by atoms with Gasteiger partial charge < -0.3 is 10.1 Å². The van der Waals surface area contributed by atoms with Crippen LogP contribution >= 0.6 is 0 Å². The first kappa shape index (κ1) is 18.6. The number of nitrogens with zero attached hydrogens (tertiary/aromatic N) is 2. The Hall–Kier alpha value is -2.73. The zero-order valence-electron chi connectivity index (χ0n) is 15.7. The lowest BCUT2D eigenvalue weighted by atomic mass is 9.89. The normalized spacial score (nSPS) is 20.7. The maximum Gasteiger partial charge on any atom is 0.414 e. The van der Waals surface area contributed by atoms with Crippen molar-refractivity contribution in [1.82, 2.24) is 5.32 Å². The molecule has 6 heteroatoms. The van der Waals surface area contributed by atoms with Crippen molar-refractivity contribution in [2.24, 2.45) is 4.99 Å². The average molecular weight is 381 g/mol. The lowest BCUT2D eigenvalue weighted by Gasteiger charge is -2.24. The summed E-state index contributed by atoms with van der Waals surface area (Å²) in [4.78, 5) is 18.1. The van der Waals surface area contributed by atoms with Gasteiger partial charge in [-0.1, -0.05) is 36.4 Å². The molecule has 0 unspecified atom stereocenters. The lowest BCUT2D eigenvalue weighted by molar-refractivity contribution is 0.145. The molecular weight excluding hydrogens is 357 g/mol. The van der Waals surface area contributed by atoms with E-state index in [1.807, 2.05) is 42.5 Å². The second-order valence-electron chi connectivity index (χ2n) is 7.25. The van der Waals surface area contributed by atoms with Gasteiger partial charge in [0.05, 0.1) is 18.8 Å².